The highest BCUT2D eigenvalue weighted by Crippen LogP contribution is 2.60. The molecule has 0 aromatic carbocycles. The molecule has 4 nitrogen and oxygen atoms in total. The minimum Gasteiger partial charge on any atom is -0.494 e. The Morgan fingerprint density at radius 3 is 2.10 bits per heavy atom. The van der Waals surface area contributed by atoms with E-state index in [-0.39, 0.29) is 5.41 Å². The van der Waals surface area contributed by atoms with Crippen molar-refractivity contribution in [2.45, 2.75) is 44.0 Å². The van der Waals surface area contributed by atoms with Crippen LogP contribution in [0.1, 0.15) is 38.5 Å². The third-order valence-corrected chi connectivity index (χ3v) is 6.03. The van der Waals surface area contributed by atoms with E-state index >= 15 is 0 Å². The molecule has 0 saturated heterocycles. The maximum absolute atomic E-state index is 13.4. The lowest BCUT2D eigenvalue weighted by atomic mass is 9.50. The van der Waals surface area contributed by atoms with E-state index in [4.69, 9.17) is 9.29 Å². The van der Waals surface area contributed by atoms with Gasteiger partial charge in [0.05, 0.1) is 6.61 Å². The standard InChI is InChI=1S/C14H21FO4S/c1-9(13(15)20(16,17)18)19-8-14-5-10-2-11(6-14)4-12(3-10)7-14/h10-13H,1-8H2,(H,16,17,18). The molecule has 1 N–H and O–H groups in total. The van der Waals surface area contributed by atoms with Crippen LogP contribution in [0.25, 0.3) is 0 Å². The Kier molecular flexibility index (Phi) is 3.36. The zero-order valence-corrected chi connectivity index (χ0v) is 12.2. The van der Waals surface area contributed by atoms with Gasteiger partial charge >= 0.3 is 10.1 Å². The molecule has 4 bridgehead atoms. The van der Waals surface area contributed by atoms with Crippen LogP contribution in [-0.2, 0) is 14.9 Å². The Morgan fingerprint density at radius 2 is 1.70 bits per heavy atom. The summed E-state index contributed by atoms with van der Waals surface area (Å²) in [5, 5.41) is 0. The van der Waals surface area contributed by atoms with Gasteiger partial charge < -0.3 is 4.74 Å². The van der Waals surface area contributed by atoms with Crippen LogP contribution in [0.2, 0.25) is 0 Å². The highest BCUT2D eigenvalue weighted by Gasteiger charge is 2.51. The van der Waals surface area contributed by atoms with Gasteiger partial charge in [-0.3, -0.25) is 4.55 Å². The zero-order chi connectivity index (χ0) is 14.5. The normalized spacial score (nSPS) is 40.6. The fourth-order valence-electron chi connectivity index (χ4n) is 4.94. The zero-order valence-electron chi connectivity index (χ0n) is 11.4. The van der Waals surface area contributed by atoms with Crippen molar-refractivity contribution in [3.63, 3.8) is 0 Å². The van der Waals surface area contributed by atoms with Crippen LogP contribution in [0.3, 0.4) is 0 Å². The molecule has 0 radical (unpaired) electrons. The second kappa shape index (κ2) is 4.70. The van der Waals surface area contributed by atoms with Crippen molar-refractivity contribution in [2.24, 2.45) is 23.2 Å². The molecule has 20 heavy (non-hydrogen) atoms. The van der Waals surface area contributed by atoms with Gasteiger partial charge in [0.25, 0.3) is 5.50 Å². The Hall–Kier alpha value is -0.620. The fourth-order valence-corrected chi connectivity index (χ4v) is 5.34. The molecular formula is C14H21FO4S. The summed E-state index contributed by atoms with van der Waals surface area (Å²) in [6.07, 6.45) is 7.18. The lowest BCUT2D eigenvalue weighted by Gasteiger charge is -2.56. The summed E-state index contributed by atoms with van der Waals surface area (Å²) in [7, 11) is -4.77. The molecule has 4 aliphatic rings. The molecule has 0 aromatic rings. The number of rotatable bonds is 5. The molecule has 0 amide bonds. The summed E-state index contributed by atoms with van der Waals surface area (Å²) in [5.41, 5.74) is -2.48. The van der Waals surface area contributed by atoms with Gasteiger partial charge in [0.2, 0.25) is 0 Å². The second-order valence-electron chi connectivity index (χ2n) is 7.00. The summed E-state index contributed by atoms with van der Waals surface area (Å²) in [4.78, 5) is 0. The first-order valence-electron chi connectivity index (χ1n) is 7.19. The van der Waals surface area contributed by atoms with E-state index in [1.54, 1.807) is 0 Å². The summed E-state index contributed by atoms with van der Waals surface area (Å²) in [6, 6.07) is 0. The van der Waals surface area contributed by atoms with Crippen molar-refractivity contribution in [1.82, 2.24) is 0 Å². The van der Waals surface area contributed by atoms with E-state index < -0.39 is 21.4 Å². The third kappa shape index (κ3) is 2.60. The number of halogens is 1. The summed E-state index contributed by atoms with van der Waals surface area (Å²) >= 11 is 0. The Labute approximate surface area is 119 Å². The lowest BCUT2D eigenvalue weighted by Crippen LogP contribution is -2.48. The highest BCUT2D eigenvalue weighted by atomic mass is 32.2. The van der Waals surface area contributed by atoms with Gasteiger partial charge in [0, 0.05) is 5.41 Å². The average Bonchev–Trinajstić information content (AvgIpc) is 2.32. The first-order chi connectivity index (χ1) is 9.27. The molecule has 114 valence electrons. The molecule has 4 fully saturated rings. The quantitative estimate of drug-likeness (QED) is 0.626. The molecule has 0 aromatic heterocycles. The number of alkyl halides is 1. The summed E-state index contributed by atoms with van der Waals surface area (Å²) in [6.45, 7) is 3.63. The molecule has 0 aliphatic heterocycles. The largest absolute Gasteiger partial charge is 0.494 e. The maximum Gasteiger partial charge on any atom is 0.305 e. The molecule has 4 saturated carbocycles. The van der Waals surface area contributed by atoms with Crippen molar-refractivity contribution < 1.29 is 22.1 Å². The SMILES string of the molecule is C=C(OCC12CC3CC(CC(C3)C1)C2)C(F)S(=O)(=O)O. The molecule has 0 heterocycles. The number of hydrogen-bond acceptors (Lipinski definition) is 3. The third-order valence-electron chi connectivity index (χ3n) is 5.24. The molecule has 1 atom stereocenters. The Bertz CT molecular complexity index is 478. The summed E-state index contributed by atoms with van der Waals surface area (Å²) in [5.74, 6) is 1.76. The smallest absolute Gasteiger partial charge is 0.305 e. The van der Waals surface area contributed by atoms with Crippen LogP contribution in [0.4, 0.5) is 4.39 Å². The van der Waals surface area contributed by atoms with E-state index in [1.807, 2.05) is 0 Å². The fraction of sp³-hybridized carbons (Fsp3) is 0.857. The van der Waals surface area contributed by atoms with Crippen molar-refractivity contribution >= 4 is 10.1 Å². The lowest BCUT2D eigenvalue weighted by molar-refractivity contribution is -0.0874. The van der Waals surface area contributed by atoms with Crippen molar-refractivity contribution in [1.29, 1.82) is 0 Å². The monoisotopic (exact) mass is 304 g/mol. The molecular weight excluding hydrogens is 283 g/mol. The topological polar surface area (TPSA) is 63.6 Å². The van der Waals surface area contributed by atoms with Crippen molar-refractivity contribution in [2.75, 3.05) is 6.61 Å². The Balaban J connectivity index is 1.63. The minimum atomic E-state index is -4.77. The first-order valence-corrected chi connectivity index (χ1v) is 8.70. The predicted octanol–water partition coefficient (Wildman–Crippen LogP) is 2.92. The second-order valence-corrected chi connectivity index (χ2v) is 8.45. The van der Waals surface area contributed by atoms with Gasteiger partial charge in [-0.15, -0.1) is 0 Å². The van der Waals surface area contributed by atoms with Crippen LogP contribution in [0.5, 0.6) is 0 Å². The molecule has 4 rings (SSSR count). The van der Waals surface area contributed by atoms with Gasteiger partial charge in [-0.2, -0.15) is 8.42 Å². The van der Waals surface area contributed by atoms with E-state index in [1.165, 1.54) is 19.3 Å². The van der Waals surface area contributed by atoms with E-state index in [0.717, 1.165) is 37.0 Å². The van der Waals surface area contributed by atoms with Crippen LogP contribution < -0.4 is 0 Å². The van der Waals surface area contributed by atoms with Gasteiger partial charge in [0.1, 0.15) is 5.76 Å². The highest BCUT2D eigenvalue weighted by molar-refractivity contribution is 7.86. The number of hydrogen-bond donors (Lipinski definition) is 1. The van der Waals surface area contributed by atoms with E-state index in [2.05, 4.69) is 6.58 Å². The minimum absolute atomic E-state index is 0.0661. The van der Waals surface area contributed by atoms with Gasteiger partial charge in [-0.05, 0) is 56.3 Å². The van der Waals surface area contributed by atoms with Crippen LogP contribution in [0, 0.1) is 23.2 Å². The predicted molar refractivity (Wildman–Crippen MR) is 72.1 cm³/mol. The summed E-state index contributed by atoms with van der Waals surface area (Å²) < 4.78 is 48.9. The van der Waals surface area contributed by atoms with Crippen LogP contribution >= 0.6 is 0 Å². The molecule has 4 aliphatic carbocycles. The average molecular weight is 304 g/mol. The number of ether oxygens (including phenoxy) is 1. The van der Waals surface area contributed by atoms with E-state index in [0.29, 0.717) is 6.61 Å². The van der Waals surface area contributed by atoms with Crippen molar-refractivity contribution in [3.05, 3.63) is 12.3 Å². The van der Waals surface area contributed by atoms with Crippen LogP contribution in [0.15, 0.2) is 12.3 Å². The van der Waals surface area contributed by atoms with Gasteiger partial charge in [-0.25, -0.2) is 4.39 Å². The van der Waals surface area contributed by atoms with Crippen molar-refractivity contribution in [3.8, 4) is 0 Å². The Morgan fingerprint density at radius 1 is 1.25 bits per heavy atom. The molecule has 0 spiro atoms. The first kappa shape index (κ1) is 14.3. The van der Waals surface area contributed by atoms with E-state index in [9.17, 15) is 12.8 Å². The van der Waals surface area contributed by atoms with Crippen LogP contribution in [-0.4, -0.2) is 25.1 Å². The molecule has 6 heteroatoms. The van der Waals surface area contributed by atoms with Gasteiger partial charge in [-0.1, -0.05) is 6.58 Å². The van der Waals surface area contributed by atoms with Gasteiger partial charge in [0.15, 0.2) is 0 Å². The molecule has 1 unspecified atom stereocenters. The maximum atomic E-state index is 13.4.